The summed E-state index contributed by atoms with van der Waals surface area (Å²) >= 11 is 0. The van der Waals surface area contributed by atoms with Gasteiger partial charge in [0.2, 0.25) is 5.91 Å². The minimum Gasteiger partial charge on any atom is -0.336 e. The summed E-state index contributed by atoms with van der Waals surface area (Å²) in [5.74, 6) is 0.845. The van der Waals surface area contributed by atoms with E-state index in [-0.39, 0.29) is 11.8 Å². The molecule has 3 N–H and O–H groups in total. The summed E-state index contributed by atoms with van der Waals surface area (Å²) in [4.78, 5) is 33.5. The fourth-order valence-electron chi connectivity index (χ4n) is 4.39. The number of benzene rings is 1. The van der Waals surface area contributed by atoms with Crippen molar-refractivity contribution in [2.45, 2.75) is 12.8 Å². The predicted molar refractivity (Wildman–Crippen MR) is 137 cm³/mol. The molecule has 0 saturated heterocycles. The van der Waals surface area contributed by atoms with Gasteiger partial charge in [-0.1, -0.05) is 6.07 Å². The number of nitrogens with zero attached hydrogens (tertiary/aromatic N) is 5. The lowest BCUT2D eigenvalue weighted by molar-refractivity contribution is -0.117. The maximum absolute atomic E-state index is 12.2. The molecule has 5 heterocycles. The summed E-state index contributed by atoms with van der Waals surface area (Å²) in [5, 5.41) is 11.6. The molecule has 0 bridgehead atoms. The molecule has 6 aromatic rings. The molecule has 1 saturated carbocycles. The number of aromatic nitrogens is 7. The molecule has 36 heavy (non-hydrogen) atoms. The normalized spacial score (nSPS) is 13.3. The van der Waals surface area contributed by atoms with Crippen LogP contribution in [0.15, 0.2) is 73.4 Å². The maximum Gasteiger partial charge on any atom is 0.227 e. The van der Waals surface area contributed by atoms with Crippen molar-refractivity contribution in [2.24, 2.45) is 5.92 Å². The Bertz CT molecular complexity index is 1750. The number of aromatic amines is 2. The smallest absolute Gasteiger partial charge is 0.227 e. The average Bonchev–Trinajstić information content (AvgIpc) is 3.55. The number of fused-ring (bicyclic) bond motifs is 2. The van der Waals surface area contributed by atoms with Crippen molar-refractivity contribution in [3.63, 3.8) is 0 Å². The summed E-state index contributed by atoms with van der Waals surface area (Å²) < 4.78 is 0. The molecule has 9 nitrogen and oxygen atoms in total. The number of imidazole rings is 1. The average molecular weight is 473 g/mol. The molecule has 0 radical (unpaired) electrons. The lowest BCUT2D eigenvalue weighted by Gasteiger charge is -2.07. The van der Waals surface area contributed by atoms with Crippen molar-refractivity contribution in [3.05, 3.63) is 73.4 Å². The van der Waals surface area contributed by atoms with Crippen molar-refractivity contribution >= 4 is 33.5 Å². The summed E-state index contributed by atoms with van der Waals surface area (Å²) in [5.41, 5.74) is 7.48. The first-order valence-corrected chi connectivity index (χ1v) is 11.7. The van der Waals surface area contributed by atoms with E-state index in [0.29, 0.717) is 17.2 Å². The number of nitrogens with one attached hydrogen (secondary N) is 3. The van der Waals surface area contributed by atoms with Crippen LogP contribution in [0.1, 0.15) is 12.8 Å². The third-order valence-electron chi connectivity index (χ3n) is 6.41. The van der Waals surface area contributed by atoms with Crippen LogP contribution in [0, 0.1) is 5.92 Å². The van der Waals surface area contributed by atoms with Crippen LogP contribution in [-0.4, -0.2) is 41.0 Å². The Kier molecular flexibility index (Phi) is 4.60. The topological polar surface area (TPSA) is 125 Å². The molecule has 174 valence electrons. The molecule has 0 atom stereocenters. The van der Waals surface area contributed by atoms with Gasteiger partial charge >= 0.3 is 0 Å². The van der Waals surface area contributed by atoms with Crippen molar-refractivity contribution in [1.29, 1.82) is 0 Å². The quantitative estimate of drug-likeness (QED) is 0.325. The van der Waals surface area contributed by atoms with Crippen LogP contribution in [0.4, 0.5) is 5.69 Å². The van der Waals surface area contributed by atoms with Crippen LogP contribution in [0.25, 0.3) is 55.8 Å². The summed E-state index contributed by atoms with van der Waals surface area (Å²) in [7, 11) is 0. The third-order valence-corrected chi connectivity index (χ3v) is 6.41. The molecule has 5 aromatic heterocycles. The summed E-state index contributed by atoms with van der Waals surface area (Å²) in [6, 6.07) is 13.8. The Morgan fingerprint density at radius 1 is 0.889 bits per heavy atom. The predicted octanol–water partition coefficient (Wildman–Crippen LogP) is 4.97. The van der Waals surface area contributed by atoms with Crippen molar-refractivity contribution in [1.82, 2.24) is 35.1 Å². The zero-order valence-corrected chi connectivity index (χ0v) is 19.1. The van der Waals surface area contributed by atoms with Crippen molar-refractivity contribution in [2.75, 3.05) is 5.32 Å². The first-order chi connectivity index (χ1) is 17.7. The Hall–Kier alpha value is -4.92. The highest BCUT2D eigenvalue weighted by Gasteiger charge is 2.29. The monoisotopic (exact) mass is 472 g/mol. The number of rotatable bonds is 5. The molecule has 1 aliphatic carbocycles. The molecule has 0 unspecified atom stereocenters. The lowest BCUT2D eigenvalue weighted by Crippen LogP contribution is -2.13. The van der Waals surface area contributed by atoms with Gasteiger partial charge in [-0.25, -0.2) is 4.98 Å². The molecule has 9 heteroatoms. The molecular formula is C27H20N8O. The van der Waals surface area contributed by atoms with Gasteiger partial charge in [0.1, 0.15) is 11.2 Å². The standard InChI is InChI=1S/C27H20N8O/c36-27(15-3-4-15)31-19-10-18(13-29-14-19)16-5-6-21-20(11-16)24(35-34-21)26-32-22-7-9-30-23(25(22)33-26)17-2-1-8-28-12-17/h1-2,5-15H,3-4H2,(H,31,36)(H,32,33)(H,34,35). The molecule has 1 aromatic carbocycles. The highest BCUT2D eigenvalue weighted by atomic mass is 16.2. The molecule has 0 spiro atoms. The van der Waals surface area contributed by atoms with Gasteiger partial charge in [-0.3, -0.25) is 24.8 Å². The first kappa shape index (κ1) is 20.5. The van der Waals surface area contributed by atoms with Gasteiger partial charge in [-0.05, 0) is 54.8 Å². The maximum atomic E-state index is 12.2. The van der Waals surface area contributed by atoms with Gasteiger partial charge in [0.05, 0.1) is 28.6 Å². The van der Waals surface area contributed by atoms with E-state index in [1.54, 1.807) is 31.0 Å². The van der Waals surface area contributed by atoms with Gasteiger partial charge < -0.3 is 10.3 Å². The molecule has 1 fully saturated rings. The molecule has 7 rings (SSSR count). The number of amides is 1. The van der Waals surface area contributed by atoms with E-state index >= 15 is 0 Å². The Morgan fingerprint density at radius 2 is 1.81 bits per heavy atom. The second-order valence-corrected chi connectivity index (χ2v) is 8.94. The zero-order valence-electron chi connectivity index (χ0n) is 19.1. The third kappa shape index (κ3) is 3.58. The van der Waals surface area contributed by atoms with E-state index in [0.717, 1.165) is 57.2 Å². The van der Waals surface area contributed by atoms with E-state index in [1.165, 1.54) is 0 Å². The van der Waals surface area contributed by atoms with Gasteiger partial charge in [0, 0.05) is 47.2 Å². The van der Waals surface area contributed by atoms with Crippen LogP contribution < -0.4 is 5.32 Å². The minimum absolute atomic E-state index is 0.0616. The number of anilines is 1. The fraction of sp³-hybridized carbons (Fsp3) is 0.111. The first-order valence-electron chi connectivity index (χ1n) is 11.7. The molecular weight excluding hydrogens is 452 g/mol. The second-order valence-electron chi connectivity index (χ2n) is 8.94. The van der Waals surface area contributed by atoms with Gasteiger partial charge in [0.25, 0.3) is 0 Å². The summed E-state index contributed by atoms with van der Waals surface area (Å²) in [6.07, 6.45) is 10.7. The van der Waals surface area contributed by atoms with Crippen LogP contribution in [0.2, 0.25) is 0 Å². The van der Waals surface area contributed by atoms with E-state index in [4.69, 9.17) is 4.98 Å². The van der Waals surface area contributed by atoms with E-state index < -0.39 is 0 Å². The van der Waals surface area contributed by atoms with E-state index in [9.17, 15) is 4.79 Å². The largest absolute Gasteiger partial charge is 0.336 e. The highest BCUT2D eigenvalue weighted by molar-refractivity contribution is 5.98. The summed E-state index contributed by atoms with van der Waals surface area (Å²) in [6.45, 7) is 0. The number of carbonyl (C=O) groups excluding carboxylic acids is 1. The van der Waals surface area contributed by atoms with Crippen LogP contribution in [0.5, 0.6) is 0 Å². The highest BCUT2D eigenvalue weighted by Crippen LogP contribution is 2.33. The second kappa shape index (κ2) is 8.09. The minimum atomic E-state index is 0.0616. The number of carbonyl (C=O) groups is 1. The Morgan fingerprint density at radius 3 is 2.67 bits per heavy atom. The van der Waals surface area contributed by atoms with Gasteiger partial charge in [-0.2, -0.15) is 5.10 Å². The van der Waals surface area contributed by atoms with Gasteiger partial charge in [-0.15, -0.1) is 0 Å². The molecule has 1 aliphatic rings. The Labute approximate surface area is 205 Å². The number of pyridine rings is 3. The van der Waals surface area contributed by atoms with E-state index in [2.05, 4.69) is 41.5 Å². The number of hydrogen-bond donors (Lipinski definition) is 3. The fourth-order valence-corrected chi connectivity index (χ4v) is 4.39. The van der Waals surface area contributed by atoms with Gasteiger partial charge in [0.15, 0.2) is 5.82 Å². The SMILES string of the molecule is O=C(Nc1cncc(-c2ccc3[nH]nc(-c4nc5c(-c6cccnc6)nccc5[nH]4)c3c2)c1)C1CC1. The Balaban J connectivity index is 1.28. The van der Waals surface area contributed by atoms with Crippen molar-refractivity contribution < 1.29 is 4.79 Å². The zero-order chi connectivity index (χ0) is 24.1. The lowest BCUT2D eigenvalue weighted by atomic mass is 10.0. The van der Waals surface area contributed by atoms with Crippen molar-refractivity contribution in [3.8, 4) is 33.9 Å². The van der Waals surface area contributed by atoms with Crippen LogP contribution >= 0.6 is 0 Å². The van der Waals surface area contributed by atoms with E-state index in [1.807, 2.05) is 36.4 Å². The number of H-pyrrole nitrogens is 2. The molecule has 1 amide bonds. The molecule has 0 aliphatic heterocycles. The van der Waals surface area contributed by atoms with Crippen LogP contribution in [-0.2, 0) is 4.79 Å². The number of hydrogen-bond acceptors (Lipinski definition) is 6. The van der Waals surface area contributed by atoms with Crippen LogP contribution in [0.3, 0.4) is 0 Å².